The average molecular weight is 291 g/mol. The molecule has 0 saturated heterocycles. The summed E-state index contributed by atoms with van der Waals surface area (Å²) in [7, 11) is 0. The third-order valence-electron chi connectivity index (χ3n) is 4.07. The summed E-state index contributed by atoms with van der Waals surface area (Å²) >= 11 is 0. The normalized spacial score (nSPS) is 19.5. The van der Waals surface area contributed by atoms with Gasteiger partial charge in [-0.05, 0) is 37.7 Å². The number of aliphatic hydroxyl groups excluding tert-OH is 1. The molecule has 0 aromatic heterocycles. The molecule has 2 N–H and O–H groups in total. The van der Waals surface area contributed by atoms with Crippen LogP contribution < -0.4 is 5.32 Å². The van der Waals surface area contributed by atoms with Crippen LogP contribution in [-0.4, -0.2) is 30.5 Å². The smallest absolute Gasteiger partial charge is 0.0908 e. The fourth-order valence-electron chi connectivity index (χ4n) is 2.78. The van der Waals surface area contributed by atoms with Gasteiger partial charge in [-0.1, -0.05) is 44.2 Å². The zero-order valence-electron chi connectivity index (χ0n) is 13.5. The van der Waals surface area contributed by atoms with Gasteiger partial charge < -0.3 is 15.2 Å². The average Bonchev–Trinajstić information content (AvgIpc) is 3.27. The Morgan fingerprint density at radius 3 is 2.43 bits per heavy atom. The fourth-order valence-corrected chi connectivity index (χ4v) is 2.78. The fraction of sp³-hybridized carbons (Fsp3) is 0.667. The molecule has 0 bridgehead atoms. The maximum absolute atomic E-state index is 10.1. The minimum atomic E-state index is -0.479. The van der Waals surface area contributed by atoms with E-state index in [1.807, 2.05) is 18.2 Å². The van der Waals surface area contributed by atoms with Gasteiger partial charge in [0.25, 0.3) is 0 Å². The van der Waals surface area contributed by atoms with Gasteiger partial charge in [0.1, 0.15) is 0 Å². The first kappa shape index (κ1) is 16.5. The molecule has 0 spiro atoms. The highest BCUT2D eigenvalue weighted by molar-refractivity contribution is 5.25. The Balaban J connectivity index is 2.07. The van der Waals surface area contributed by atoms with Crippen LogP contribution in [0.3, 0.4) is 0 Å². The Morgan fingerprint density at radius 2 is 1.90 bits per heavy atom. The highest BCUT2D eigenvalue weighted by Gasteiger charge is 2.38. The number of hydrogen-bond acceptors (Lipinski definition) is 3. The van der Waals surface area contributed by atoms with Crippen molar-refractivity contribution in [1.82, 2.24) is 5.32 Å². The van der Waals surface area contributed by atoms with Crippen LogP contribution in [0.15, 0.2) is 30.3 Å². The second-order valence-corrected chi connectivity index (χ2v) is 6.78. The quantitative estimate of drug-likeness (QED) is 0.734. The molecule has 1 aromatic rings. The third-order valence-corrected chi connectivity index (χ3v) is 4.07. The lowest BCUT2D eigenvalue weighted by molar-refractivity contribution is -0.0127. The molecule has 2 rings (SSSR count). The largest absolute Gasteiger partial charge is 0.394 e. The number of nitrogens with one attached hydrogen (secondary N) is 1. The Labute approximate surface area is 128 Å². The molecule has 1 aliphatic carbocycles. The molecular formula is C18H29NO2. The van der Waals surface area contributed by atoms with Crippen molar-refractivity contribution < 1.29 is 9.84 Å². The van der Waals surface area contributed by atoms with Crippen molar-refractivity contribution in [2.24, 2.45) is 5.92 Å². The molecule has 0 aliphatic heterocycles. The maximum atomic E-state index is 10.1. The summed E-state index contributed by atoms with van der Waals surface area (Å²) < 4.78 is 6.07. The molecule has 3 heteroatoms. The molecule has 0 heterocycles. The predicted molar refractivity (Wildman–Crippen MR) is 86.2 cm³/mol. The number of rotatable bonds is 9. The standard InChI is InChI=1S/C18H29NO2/c1-14(2)11-15(3)21-13-18(12-20,19-17-9-10-17)16-7-5-4-6-8-16/h4-8,14-15,17,19-20H,9-13H2,1-3H3. The van der Waals surface area contributed by atoms with Gasteiger partial charge in [-0.15, -0.1) is 0 Å². The number of benzene rings is 1. The summed E-state index contributed by atoms with van der Waals surface area (Å²) in [6.45, 7) is 7.10. The zero-order chi connectivity index (χ0) is 15.3. The Kier molecular flexibility index (Phi) is 5.80. The minimum absolute atomic E-state index is 0.0575. The van der Waals surface area contributed by atoms with E-state index in [1.165, 1.54) is 12.8 Å². The van der Waals surface area contributed by atoms with Crippen LogP contribution in [0.4, 0.5) is 0 Å². The van der Waals surface area contributed by atoms with E-state index in [0.717, 1.165) is 12.0 Å². The molecule has 21 heavy (non-hydrogen) atoms. The van der Waals surface area contributed by atoms with E-state index in [-0.39, 0.29) is 12.7 Å². The maximum Gasteiger partial charge on any atom is 0.0908 e. The van der Waals surface area contributed by atoms with Crippen molar-refractivity contribution in [3.05, 3.63) is 35.9 Å². The van der Waals surface area contributed by atoms with Crippen molar-refractivity contribution in [2.75, 3.05) is 13.2 Å². The molecule has 1 aliphatic rings. The molecular weight excluding hydrogens is 262 g/mol. The monoisotopic (exact) mass is 291 g/mol. The predicted octanol–water partition coefficient (Wildman–Crippen LogP) is 3.08. The number of aliphatic hydroxyl groups is 1. The highest BCUT2D eigenvalue weighted by atomic mass is 16.5. The molecule has 118 valence electrons. The summed E-state index contributed by atoms with van der Waals surface area (Å²) in [6, 6.07) is 10.7. The van der Waals surface area contributed by atoms with Gasteiger partial charge in [-0.3, -0.25) is 0 Å². The van der Waals surface area contributed by atoms with Gasteiger partial charge >= 0.3 is 0 Å². The summed E-state index contributed by atoms with van der Waals surface area (Å²) in [5.74, 6) is 0.622. The molecule has 0 amide bonds. The topological polar surface area (TPSA) is 41.5 Å². The first-order chi connectivity index (χ1) is 10.1. The first-order valence-corrected chi connectivity index (χ1v) is 8.11. The van der Waals surface area contributed by atoms with Crippen LogP contribution in [0.5, 0.6) is 0 Å². The van der Waals surface area contributed by atoms with Crippen LogP contribution in [0.2, 0.25) is 0 Å². The highest BCUT2D eigenvalue weighted by Crippen LogP contribution is 2.29. The van der Waals surface area contributed by atoms with Crippen molar-refractivity contribution in [3.8, 4) is 0 Å². The van der Waals surface area contributed by atoms with Gasteiger partial charge in [0.05, 0.1) is 24.9 Å². The lowest BCUT2D eigenvalue weighted by Gasteiger charge is -2.35. The van der Waals surface area contributed by atoms with Crippen LogP contribution in [0.1, 0.15) is 45.6 Å². The van der Waals surface area contributed by atoms with E-state index in [4.69, 9.17) is 4.74 Å². The van der Waals surface area contributed by atoms with Gasteiger partial charge in [0.2, 0.25) is 0 Å². The van der Waals surface area contributed by atoms with Crippen molar-refractivity contribution in [3.63, 3.8) is 0 Å². The number of hydrogen-bond donors (Lipinski definition) is 2. The Bertz CT molecular complexity index is 416. The Hall–Kier alpha value is -0.900. The van der Waals surface area contributed by atoms with E-state index in [0.29, 0.717) is 18.6 Å². The Morgan fingerprint density at radius 1 is 1.24 bits per heavy atom. The minimum Gasteiger partial charge on any atom is -0.394 e. The van der Waals surface area contributed by atoms with Crippen LogP contribution in [0, 0.1) is 5.92 Å². The summed E-state index contributed by atoms with van der Waals surface area (Å²) in [6.07, 6.45) is 3.63. The molecule has 2 atom stereocenters. The van der Waals surface area contributed by atoms with Crippen molar-refractivity contribution >= 4 is 0 Å². The van der Waals surface area contributed by atoms with E-state index < -0.39 is 5.54 Å². The summed E-state index contributed by atoms with van der Waals surface area (Å²) in [4.78, 5) is 0. The van der Waals surface area contributed by atoms with E-state index >= 15 is 0 Å². The van der Waals surface area contributed by atoms with Gasteiger partial charge in [0, 0.05) is 6.04 Å². The second-order valence-electron chi connectivity index (χ2n) is 6.78. The van der Waals surface area contributed by atoms with Gasteiger partial charge in [-0.25, -0.2) is 0 Å². The lowest BCUT2D eigenvalue weighted by Crippen LogP contribution is -2.51. The molecule has 2 unspecified atom stereocenters. The van der Waals surface area contributed by atoms with Crippen molar-refractivity contribution in [2.45, 2.75) is 57.7 Å². The van der Waals surface area contributed by atoms with Crippen LogP contribution >= 0.6 is 0 Å². The third kappa shape index (κ3) is 4.80. The number of ether oxygens (including phenoxy) is 1. The summed E-state index contributed by atoms with van der Waals surface area (Å²) in [5.41, 5.74) is 0.629. The SMILES string of the molecule is CC(C)CC(C)OCC(CO)(NC1CC1)c1ccccc1. The van der Waals surface area contributed by atoms with Crippen LogP contribution in [-0.2, 0) is 10.3 Å². The van der Waals surface area contributed by atoms with E-state index in [1.54, 1.807) is 0 Å². The molecule has 3 nitrogen and oxygen atoms in total. The van der Waals surface area contributed by atoms with Gasteiger partial charge in [-0.2, -0.15) is 0 Å². The molecule has 1 saturated carbocycles. The van der Waals surface area contributed by atoms with Crippen LogP contribution in [0.25, 0.3) is 0 Å². The first-order valence-electron chi connectivity index (χ1n) is 8.11. The summed E-state index contributed by atoms with van der Waals surface area (Å²) in [5, 5.41) is 13.7. The van der Waals surface area contributed by atoms with Crippen molar-refractivity contribution in [1.29, 1.82) is 0 Å². The zero-order valence-corrected chi connectivity index (χ0v) is 13.5. The lowest BCUT2D eigenvalue weighted by atomic mass is 9.91. The molecule has 1 aromatic carbocycles. The van der Waals surface area contributed by atoms with E-state index in [2.05, 4.69) is 38.2 Å². The van der Waals surface area contributed by atoms with E-state index in [9.17, 15) is 5.11 Å². The molecule has 0 radical (unpaired) electrons. The molecule has 1 fully saturated rings. The van der Waals surface area contributed by atoms with Gasteiger partial charge in [0.15, 0.2) is 0 Å². The second kappa shape index (κ2) is 7.39.